The fourth-order valence-electron chi connectivity index (χ4n) is 4.18. The minimum absolute atomic E-state index is 0.360. The lowest BCUT2D eigenvalue weighted by molar-refractivity contribution is 0.104. The molecule has 0 aromatic carbocycles. The molecule has 1 nitrogen and oxygen atoms in total. The molecule has 1 heteroatoms. The molecule has 3 atom stereocenters. The van der Waals surface area contributed by atoms with Crippen molar-refractivity contribution in [3.63, 3.8) is 0 Å². The molecule has 1 heterocycles. The molecule has 2 aliphatic rings. The predicted octanol–water partition coefficient (Wildman–Crippen LogP) is 3.68. The number of likely N-dealkylation sites (tertiary alicyclic amines) is 1. The Labute approximate surface area is 95.2 Å². The summed E-state index contributed by atoms with van der Waals surface area (Å²) < 4.78 is 0. The van der Waals surface area contributed by atoms with Gasteiger partial charge in [0.25, 0.3) is 0 Å². The van der Waals surface area contributed by atoms with E-state index in [9.17, 15) is 0 Å². The van der Waals surface area contributed by atoms with E-state index in [1.54, 1.807) is 0 Å². The average Bonchev–Trinajstić information content (AvgIpc) is 2.50. The van der Waals surface area contributed by atoms with E-state index in [0.717, 1.165) is 18.0 Å². The summed E-state index contributed by atoms with van der Waals surface area (Å²) >= 11 is 0. The first-order chi connectivity index (χ1) is 6.76. The van der Waals surface area contributed by atoms with E-state index in [-0.39, 0.29) is 0 Å². The molecule has 1 aliphatic heterocycles. The summed E-state index contributed by atoms with van der Waals surface area (Å²) in [6, 6.07) is 1.69. The molecule has 0 radical (unpaired) electrons. The van der Waals surface area contributed by atoms with Crippen LogP contribution in [0.25, 0.3) is 0 Å². The van der Waals surface area contributed by atoms with Crippen LogP contribution in [0.5, 0.6) is 0 Å². The molecule has 0 unspecified atom stereocenters. The van der Waals surface area contributed by atoms with Crippen molar-refractivity contribution in [2.24, 2.45) is 11.3 Å². The zero-order valence-corrected chi connectivity index (χ0v) is 11.3. The van der Waals surface area contributed by atoms with Crippen LogP contribution in [0.3, 0.4) is 0 Å². The smallest absolute Gasteiger partial charge is 0.0167 e. The third-order valence-corrected chi connectivity index (χ3v) is 4.25. The Morgan fingerprint density at radius 2 is 1.87 bits per heavy atom. The Kier molecular flexibility index (Phi) is 2.46. The lowest BCUT2D eigenvalue weighted by atomic mass is 9.90. The van der Waals surface area contributed by atoms with Gasteiger partial charge >= 0.3 is 0 Å². The molecule has 2 rings (SSSR count). The standard InChI is InChI=1S/C14H27N/c1-10(2)7-14-8-11(3)15(12(14)9-14)13(4,5)6/h10-12H,7-9H2,1-6H3/t11-,12-,14+/m1/s1. The van der Waals surface area contributed by atoms with Crippen molar-refractivity contribution in [1.29, 1.82) is 0 Å². The molecule has 1 saturated heterocycles. The lowest BCUT2D eigenvalue weighted by Gasteiger charge is -2.37. The van der Waals surface area contributed by atoms with Gasteiger partial charge in [-0.05, 0) is 58.3 Å². The highest BCUT2D eigenvalue weighted by Gasteiger charge is 2.64. The summed E-state index contributed by atoms with van der Waals surface area (Å²) in [4.78, 5) is 2.77. The minimum Gasteiger partial charge on any atom is -0.292 e. The Hall–Kier alpha value is -0.0400. The van der Waals surface area contributed by atoms with Crippen LogP contribution in [0.2, 0.25) is 0 Å². The van der Waals surface area contributed by atoms with Crippen LogP contribution in [-0.4, -0.2) is 22.5 Å². The van der Waals surface area contributed by atoms with Crippen molar-refractivity contribution in [1.82, 2.24) is 4.90 Å². The summed E-state index contributed by atoms with van der Waals surface area (Å²) in [5.41, 5.74) is 1.07. The fraction of sp³-hybridized carbons (Fsp3) is 1.00. The monoisotopic (exact) mass is 209 g/mol. The Morgan fingerprint density at radius 1 is 1.27 bits per heavy atom. The summed E-state index contributed by atoms with van der Waals surface area (Å²) in [6.45, 7) is 14.3. The maximum absolute atomic E-state index is 2.77. The minimum atomic E-state index is 0.360. The van der Waals surface area contributed by atoms with E-state index >= 15 is 0 Å². The summed E-state index contributed by atoms with van der Waals surface area (Å²) in [7, 11) is 0. The third kappa shape index (κ3) is 1.84. The van der Waals surface area contributed by atoms with E-state index < -0.39 is 0 Å². The van der Waals surface area contributed by atoms with Crippen LogP contribution in [0.4, 0.5) is 0 Å². The van der Waals surface area contributed by atoms with E-state index in [2.05, 4.69) is 46.4 Å². The van der Waals surface area contributed by atoms with Gasteiger partial charge in [0.2, 0.25) is 0 Å². The summed E-state index contributed by atoms with van der Waals surface area (Å²) in [6.07, 6.45) is 4.34. The zero-order valence-electron chi connectivity index (χ0n) is 11.3. The van der Waals surface area contributed by atoms with E-state index in [1.165, 1.54) is 19.3 Å². The Balaban J connectivity index is 2.09. The van der Waals surface area contributed by atoms with E-state index in [4.69, 9.17) is 0 Å². The number of nitrogens with zero attached hydrogens (tertiary/aromatic N) is 1. The van der Waals surface area contributed by atoms with E-state index in [1.807, 2.05) is 0 Å². The number of piperidine rings is 1. The molecular formula is C14H27N. The molecule has 0 spiro atoms. The molecule has 1 aliphatic carbocycles. The topological polar surface area (TPSA) is 3.24 Å². The number of hydrogen-bond donors (Lipinski definition) is 0. The van der Waals surface area contributed by atoms with Crippen molar-refractivity contribution in [2.45, 2.75) is 78.4 Å². The maximum Gasteiger partial charge on any atom is 0.0167 e. The molecule has 2 fully saturated rings. The second kappa shape index (κ2) is 3.23. The second-order valence-electron chi connectivity index (χ2n) is 7.31. The number of hydrogen-bond acceptors (Lipinski definition) is 1. The van der Waals surface area contributed by atoms with E-state index in [0.29, 0.717) is 11.0 Å². The van der Waals surface area contributed by atoms with Crippen molar-refractivity contribution >= 4 is 0 Å². The Bertz CT molecular complexity index is 251. The van der Waals surface area contributed by atoms with Gasteiger partial charge in [0.05, 0.1) is 0 Å². The van der Waals surface area contributed by atoms with Crippen LogP contribution in [0.15, 0.2) is 0 Å². The van der Waals surface area contributed by atoms with Crippen molar-refractivity contribution in [3.8, 4) is 0 Å². The van der Waals surface area contributed by atoms with Crippen LogP contribution >= 0.6 is 0 Å². The molecule has 1 saturated carbocycles. The van der Waals surface area contributed by atoms with Gasteiger partial charge in [-0.15, -0.1) is 0 Å². The van der Waals surface area contributed by atoms with Gasteiger partial charge in [-0.25, -0.2) is 0 Å². The maximum atomic E-state index is 2.77. The Morgan fingerprint density at radius 3 is 2.27 bits per heavy atom. The highest BCUT2D eigenvalue weighted by Crippen LogP contribution is 2.64. The second-order valence-corrected chi connectivity index (χ2v) is 7.31. The van der Waals surface area contributed by atoms with Crippen molar-refractivity contribution in [2.75, 3.05) is 0 Å². The first-order valence-corrected chi connectivity index (χ1v) is 6.55. The normalized spacial score (nSPS) is 41.0. The summed E-state index contributed by atoms with van der Waals surface area (Å²) in [5, 5.41) is 0. The van der Waals surface area contributed by atoms with Gasteiger partial charge in [0.15, 0.2) is 0 Å². The van der Waals surface area contributed by atoms with Crippen molar-refractivity contribution < 1.29 is 0 Å². The number of fused-ring (bicyclic) bond motifs is 1. The summed E-state index contributed by atoms with van der Waals surface area (Å²) in [5.74, 6) is 0.863. The third-order valence-electron chi connectivity index (χ3n) is 4.25. The fourth-order valence-corrected chi connectivity index (χ4v) is 4.18. The molecule has 15 heavy (non-hydrogen) atoms. The molecule has 0 aromatic heterocycles. The van der Waals surface area contributed by atoms with Gasteiger partial charge < -0.3 is 0 Å². The van der Waals surface area contributed by atoms with Crippen LogP contribution < -0.4 is 0 Å². The van der Waals surface area contributed by atoms with Gasteiger partial charge in [0.1, 0.15) is 0 Å². The average molecular weight is 209 g/mol. The SMILES string of the molecule is CC(C)C[C@@]12C[C@@H](C)N(C(C)(C)C)[C@@H]1C2. The molecule has 0 aromatic rings. The van der Waals surface area contributed by atoms with Gasteiger partial charge in [-0.1, -0.05) is 13.8 Å². The van der Waals surface area contributed by atoms with Crippen LogP contribution in [0.1, 0.15) is 60.8 Å². The zero-order chi connectivity index (χ0) is 11.4. The molecule has 0 N–H and O–H groups in total. The first-order valence-electron chi connectivity index (χ1n) is 6.55. The van der Waals surface area contributed by atoms with Gasteiger partial charge in [0, 0.05) is 17.6 Å². The number of rotatable bonds is 2. The van der Waals surface area contributed by atoms with Gasteiger partial charge in [-0.2, -0.15) is 0 Å². The molecule has 0 amide bonds. The highest BCUT2D eigenvalue weighted by atomic mass is 15.3. The predicted molar refractivity (Wildman–Crippen MR) is 66.0 cm³/mol. The molecule has 0 bridgehead atoms. The highest BCUT2D eigenvalue weighted by molar-refractivity contribution is 5.18. The van der Waals surface area contributed by atoms with Crippen LogP contribution in [0, 0.1) is 11.3 Å². The largest absolute Gasteiger partial charge is 0.292 e. The van der Waals surface area contributed by atoms with Gasteiger partial charge in [-0.3, -0.25) is 4.90 Å². The van der Waals surface area contributed by atoms with Crippen LogP contribution in [-0.2, 0) is 0 Å². The molecule has 88 valence electrons. The quantitative estimate of drug-likeness (QED) is 0.670. The van der Waals surface area contributed by atoms with Crippen molar-refractivity contribution in [3.05, 3.63) is 0 Å². The molecular weight excluding hydrogens is 182 g/mol. The first kappa shape index (κ1) is 11.4. The lowest BCUT2D eigenvalue weighted by Crippen LogP contribution is -2.45.